The van der Waals surface area contributed by atoms with E-state index in [1.54, 1.807) is 23.1 Å². The maximum absolute atomic E-state index is 14.1. The number of piperidine rings is 1. The van der Waals surface area contributed by atoms with Gasteiger partial charge in [0.2, 0.25) is 9.84 Å². The number of rotatable bonds is 2. The maximum atomic E-state index is 14.1. The molecule has 3 aliphatic heterocycles. The molecular weight excluding hydrogens is 423 g/mol. The average Bonchev–Trinajstić information content (AvgIpc) is 2.79. The number of hydrogen-bond acceptors (Lipinski definition) is 6. The second-order valence-electron chi connectivity index (χ2n) is 7.66. The highest BCUT2D eigenvalue weighted by molar-refractivity contribution is 7.96. The second-order valence-corrected chi connectivity index (χ2v) is 9.55. The summed E-state index contributed by atoms with van der Waals surface area (Å²) in [5, 5.41) is 0. The topological polar surface area (TPSA) is 76.1 Å². The Bertz CT molecular complexity index is 1190. The van der Waals surface area contributed by atoms with Crippen molar-refractivity contribution in [2.75, 3.05) is 31.2 Å². The van der Waals surface area contributed by atoms with E-state index >= 15 is 0 Å². The number of halogens is 1. The van der Waals surface area contributed by atoms with E-state index in [-0.39, 0.29) is 15.5 Å². The maximum Gasteiger partial charge on any atom is 0.267 e. The van der Waals surface area contributed by atoms with Crippen LogP contribution in [0.25, 0.3) is 0 Å². The van der Waals surface area contributed by atoms with Crippen LogP contribution in [0.1, 0.15) is 19.3 Å². The molecule has 3 aliphatic rings. The first-order valence-electron chi connectivity index (χ1n) is 10.2. The molecule has 0 N–H and O–H groups in total. The fourth-order valence-electron chi connectivity index (χ4n) is 4.10. The largest absolute Gasteiger partial charge is 0.486 e. The lowest BCUT2D eigenvalue weighted by molar-refractivity contribution is -0.127. The molecule has 0 radical (unpaired) electrons. The van der Waals surface area contributed by atoms with Gasteiger partial charge in [-0.05, 0) is 49.6 Å². The predicted octanol–water partition coefficient (Wildman–Crippen LogP) is 3.38. The molecule has 0 atom stereocenters. The van der Waals surface area contributed by atoms with E-state index in [1.807, 2.05) is 0 Å². The van der Waals surface area contributed by atoms with Gasteiger partial charge in [0.1, 0.15) is 19.0 Å². The van der Waals surface area contributed by atoms with E-state index < -0.39 is 21.6 Å². The molecule has 0 unspecified atom stereocenters. The van der Waals surface area contributed by atoms with Gasteiger partial charge in [-0.15, -0.1) is 0 Å². The highest BCUT2D eigenvalue weighted by atomic mass is 32.2. The number of carbonyl (C=O) groups excluding carboxylic acids is 1. The molecule has 9 heteroatoms. The zero-order valence-corrected chi connectivity index (χ0v) is 17.5. The normalized spacial score (nSPS) is 19.5. The molecule has 0 aliphatic carbocycles. The van der Waals surface area contributed by atoms with Gasteiger partial charge >= 0.3 is 0 Å². The van der Waals surface area contributed by atoms with Gasteiger partial charge in [0.25, 0.3) is 5.91 Å². The van der Waals surface area contributed by atoms with E-state index in [9.17, 15) is 17.6 Å². The molecule has 1 fully saturated rings. The summed E-state index contributed by atoms with van der Waals surface area (Å²) >= 11 is 0. The van der Waals surface area contributed by atoms with Gasteiger partial charge in [-0.1, -0.05) is 0 Å². The second kappa shape index (κ2) is 7.56. The molecule has 5 rings (SSSR count). The Labute approximate surface area is 179 Å². The van der Waals surface area contributed by atoms with E-state index in [0.717, 1.165) is 31.4 Å². The number of hydrogen-bond donors (Lipinski definition) is 0. The number of anilines is 2. The van der Waals surface area contributed by atoms with Gasteiger partial charge in [0.05, 0.1) is 10.6 Å². The van der Waals surface area contributed by atoms with Crippen LogP contribution in [0.2, 0.25) is 0 Å². The molecule has 31 heavy (non-hydrogen) atoms. The average molecular weight is 444 g/mol. The number of carbonyl (C=O) groups is 1. The zero-order chi connectivity index (χ0) is 21.6. The summed E-state index contributed by atoms with van der Waals surface area (Å²) in [6.07, 6.45) is 3.99. The highest BCUT2D eigenvalue weighted by Crippen LogP contribution is 2.43. The van der Waals surface area contributed by atoms with E-state index in [2.05, 4.69) is 0 Å². The highest BCUT2D eigenvalue weighted by Gasteiger charge is 2.38. The van der Waals surface area contributed by atoms with Crippen molar-refractivity contribution in [3.63, 3.8) is 0 Å². The Hall–Kier alpha value is -3.07. The lowest BCUT2D eigenvalue weighted by Crippen LogP contribution is -2.39. The summed E-state index contributed by atoms with van der Waals surface area (Å²) in [4.78, 5) is 15.9. The van der Waals surface area contributed by atoms with Gasteiger partial charge in [-0.2, -0.15) is 0 Å². The van der Waals surface area contributed by atoms with Crippen molar-refractivity contribution in [2.24, 2.45) is 0 Å². The minimum Gasteiger partial charge on any atom is -0.486 e. The molecule has 0 bridgehead atoms. The molecular formula is C22H21FN2O5S. The molecule has 162 valence electrons. The molecule has 2 aromatic carbocycles. The monoisotopic (exact) mass is 444 g/mol. The van der Waals surface area contributed by atoms with Crippen molar-refractivity contribution >= 4 is 27.1 Å². The van der Waals surface area contributed by atoms with Crippen molar-refractivity contribution < 1.29 is 27.1 Å². The summed E-state index contributed by atoms with van der Waals surface area (Å²) in [5.74, 6) is -0.0203. The third-order valence-corrected chi connectivity index (χ3v) is 7.45. The van der Waals surface area contributed by atoms with Crippen LogP contribution >= 0.6 is 0 Å². The molecule has 2 aromatic rings. The number of fused-ring (bicyclic) bond motifs is 2. The lowest BCUT2D eigenvalue weighted by atomic mass is 10.1. The third kappa shape index (κ3) is 3.42. The number of amides is 1. The Morgan fingerprint density at radius 1 is 0.935 bits per heavy atom. The van der Waals surface area contributed by atoms with Crippen molar-refractivity contribution in [3.05, 3.63) is 53.3 Å². The van der Waals surface area contributed by atoms with Crippen LogP contribution in [-0.2, 0) is 14.6 Å². The van der Waals surface area contributed by atoms with E-state index in [4.69, 9.17) is 9.47 Å². The number of benzene rings is 2. The molecule has 7 nitrogen and oxygen atoms in total. The van der Waals surface area contributed by atoms with Crippen molar-refractivity contribution in [1.82, 2.24) is 4.90 Å². The molecule has 3 heterocycles. The van der Waals surface area contributed by atoms with Gasteiger partial charge in [0, 0.05) is 31.0 Å². The summed E-state index contributed by atoms with van der Waals surface area (Å²) in [6, 6.07) is 8.59. The molecule has 0 saturated carbocycles. The van der Waals surface area contributed by atoms with Crippen LogP contribution < -0.4 is 14.4 Å². The first-order valence-corrected chi connectivity index (χ1v) is 11.7. The molecule has 0 spiro atoms. The van der Waals surface area contributed by atoms with Gasteiger partial charge < -0.3 is 19.3 Å². The number of ether oxygens (including phenoxy) is 2. The Morgan fingerprint density at radius 3 is 2.45 bits per heavy atom. The minimum absolute atomic E-state index is 0.105. The SMILES string of the molecule is O=C(C1=CN(c2ccc3c(c2)OCCO3)c2cc(F)ccc2S1(=O)=O)N1CCCCC1. The first kappa shape index (κ1) is 19.9. The van der Waals surface area contributed by atoms with Crippen molar-refractivity contribution in [1.29, 1.82) is 0 Å². The molecule has 1 amide bonds. The number of nitrogens with zero attached hydrogens (tertiary/aromatic N) is 2. The van der Waals surface area contributed by atoms with E-state index in [1.165, 1.54) is 17.2 Å². The Morgan fingerprint density at radius 2 is 1.68 bits per heavy atom. The summed E-state index contributed by atoms with van der Waals surface area (Å²) in [6.45, 7) is 1.87. The van der Waals surface area contributed by atoms with Crippen LogP contribution in [-0.4, -0.2) is 45.5 Å². The van der Waals surface area contributed by atoms with Gasteiger partial charge in [0.15, 0.2) is 16.4 Å². The number of sulfone groups is 1. The first-order chi connectivity index (χ1) is 14.9. The lowest BCUT2D eigenvalue weighted by Gasteiger charge is -2.32. The molecule has 1 saturated heterocycles. The third-order valence-electron chi connectivity index (χ3n) is 5.66. The summed E-state index contributed by atoms with van der Waals surface area (Å²) in [7, 11) is -4.10. The summed E-state index contributed by atoms with van der Waals surface area (Å²) < 4.78 is 51.9. The van der Waals surface area contributed by atoms with E-state index in [0.29, 0.717) is 43.5 Å². The quantitative estimate of drug-likeness (QED) is 0.661. The van der Waals surface area contributed by atoms with Gasteiger partial charge in [-0.25, -0.2) is 12.8 Å². The number of likely N-dealkylation sites (tertiary alicyclic amines) is 1. The van der Waals surface area contributed by atoms with Crippen LogP contribution in [0.3, 0.4) is 0 Å². The predicted molar refractivity (Wildman–Crippen MR) is 112 cm³/mol. The fourth-order valence-corrected chi connectivity index (χ4v) is 5.62. The molecule has 0 aromatic heterocycles. The fraction of sp³-hybridized carbons (Fsp3) is 0.318. The Balaban J connectivity index is 1.65. The minimum atomic E-state index is -4.10. The van der Waals surface area contributed by atoms with Crippen molar-refractivity contribution in [3.8, 4) is 11.5 Å². The summed E-state index contributed by atoms with van der Waals surface area (Å²) in [5.41, 5.74) is 0.682. The standard InChI is InChI=1S/C22H21FN2O5S/c23-15-4-7-20-17(12-15)25(16-5-6-18-19(13-16)30-11-10-29-18)14-21(31(20,27)28)22(26)24-8-2-1-3-9-24/h4-7,12-14H,1-3,8-11H2. The van der Waals surface area contributed by atoms with Gasteiger partial charge in [-0.3, -0.25) is 4.79 Å². The zero-order valence-electron chi connectivity index (χ0n) is 16.7. The van der Waals surface area contributed by atoms with Crippen LogP contribution in [0.15, 0.2) is 52.4 Å². The smallest absolute Gasteiger partial charge is 0.267 e. The van der Waals surface area contributed by atoms with Crippen molar-refractivity contribution in [2.45, 2.75) is 24.2 Å². The van der Waals surface area contributed by atoms with Crippen LogP contribution in [0, 0.1) is 5.82 Å². The van der Waals surface area contributed by atoms with Crippen LogP contribution in [0.5, 0.6) is 11.5 Å². The Kier molecular flexibility index (Phi) is 4.85. The van der Waals surface area contributed by atoms with Crippen LogP contribution in [0.4, 0.5) is 15.8 Å².